The minimum atomic E-state index is 0.246. The monoisotopic (exact) mass is 442 g/mol. The second-order valence-electron chi connectivity index (χ2n) is 8.50. The molecule has 1 aliphatic heterocycles. The summed E-state index contributed by atoms with van der Waals surface area (Å²) in [7, 11) is 3.98. The van der Waals surface area contributed by atoms with Gasteiger partial charge in [0.25, 0.3) is 0 Å². The summed E-state index contributed by atoms with van der Waals surface area (Å²) >= 11 is 0. The lowest BCUT2D eigenvalue weighted by molar-refractivity contribution is 0.312. The third-order valence-corrected chi connectivity index (χ3v) is 6.20. The Hall–Kier alpha value is -3.38. The summed E-state index contributed by atoms with van der Waals surface area (Å²) in [5.41, 5.74) is 3.71. The van der Waals surface area contributed by atoms with Crippen LogP contribution in [0, 0.1) is 0 Å². The molecule has 3 aromatic rings. The molecule has 0 aliphatic carbocycles. The molecule has 2 aromatic carbocycles. The van der Waals surface area contributed by atoms with Crippen LogP contribution in [-0.4, -0.2) is 62.7 Å². The van der Waals surface area contributed by atoms with Crippen LogP contribution in [0.2, 0.25) is 0 Å². The molecule has 0 atom stereocenters. The molecule has 0 saturated carbocycles. The average molecular weight is 443 g/mol. The van der Waals surface area contributed by atoms with Gasteiger partial charge in [0.1, 0.15) is 5.82 Å². The molecule has 172 valence electrons. The zero-order valence-corrected chi connectivity index (χ0v) is 19.6. The number of hydrogen-bond donors (Lipinski definition) is 2. The summed E-state index contributed by atoms with van der Waals surface area (Å²) in [5, 5.41) is 6.94. The highest BCUT2D eigenvalue weighted by Crippen LogP contribution is 2.23. The van der Waals surface area contributed by atoms with E-state index in [2.05, 4.69) is 105 Å². The van der Waals surface area contributed by atoms with Gasteiger partial charge in [-0.25, -0.2) is 4.98 Å². The predicted molar refractivity (Wildman–Crippen MR) is 137 cm³/mol. The van der Waals surface area contributed by atoms with Crippen LogP contribution in [-0.2, 0) is 6.54 Å². The van der Waals surface area contributed by atoms with Crippen LogP contribution in [0.1, 0.15) is 22.6 Å². The summed E-state index contributed by atoms with van der Waals surface area (Å²) < 4.78 is 0. The summed E-state index contributed by atoms with van der Waals surface area (Å²) in [5.74, 6) is 2.09. The van der Waals surface area contributed by atoms with E-state index in [1.54, 1.807) is 0 Å². The largest absolute Gasteiger partial charge is 0.355 e. The highest BCUT2D eigenvalue weighted by molar-refractivity contribution is 5.79. The smallest absolute Gasteiger partial charge is 0.191 e. The molecule has 1 aromatic heterocycles. The molecule has 0 radical (unpaired) electrons. The van der Waals surface area contributed by atoms with Gasteiger partial charge in [-0.1, -0.05) is 66.7 Å². The SMILES string of the molecule is CN=C(NCc1ccc(N2CCN(C)CC2)nc1)NCC(c1ccccc1)c1ccccc1. The summed E-state index contributed by atoms with van der Waals surface area (Å²) in [6.07, 6.45) is 1.96. The third kappa shape index (κ3) is 6.33. The molecular formula is C27H34N6. The van der Waals surface area contributed by atoms with E-state index in [0.717, 1.165) is 50.1 Å². The van der Waals surface area contributed by atoms with Gasteiger partial charge in [-0.2, -0.15) is 0 Å². The number of nitrogens with one attached hydrogen (secondary N) is 2. The number of benzene rings is 2. The first-order valence-electron chi connectivity index (χ1n) is 11.7. The molecule has 2 heterocycles. The molecule has 1 fully saturated rings. The van der Waals surface area contributed by atoms with Crippen LogP contribution < -0.4 is 15.5 Å². The molecule has 6 nitrogen and oxygen atoms in total. The van der Waals surface area contributed by atoms with Crippen LogP contribution in [0.4, 0.5) is 5.82 Å². The topological polar surface area (TPSA) is 55.8 Å². The van der Waals surface area contributed by atoms with E-state index in [4.69, 9.17) is 4.98 Å². The van der Waals surface area contributed by atoms with E-state index in [0.29, 0.717) is 6.54 Å². The van der Waals surface area contributed by atoms with Gasteiger partial charge in [-0.3, -0.25) is 4.99 Å². The number of piperazine rings is 1. The van der Waals surface area contributed by atoms with Gasteiger partial charge in [0.15, 0.2) is 5.96 Å². The van der Waals surface area contributed by atoms with Crippen LogP contribution in [0.3, 0.4) is 0 Å². The second kappa shape index (κ2) is 11.5. The Morgan fingerprint density at radius 1 is 0.879 bits per heavy atom. The number of aromatic nitrogens is 1. The molecular weight excluding hydrogens is 408 g/mol. The predicted octanol–water partition coefficient (Wildman–Crippen LogP) is 3.33. The standard InChI is InChI=1S/C27H34N6/c1-28-27(30-20-22-13-14-26(29-19-22)33-17-15-32(2)16-18-33)31-21-25(23-9-5-3-6-10-23)24-11-7-4-8-12-24/h3-14,19,25H,15-18,20-21H2,1-2H3,(H2,28,30,31). The Bertz CT molecular complexity index is 956. The van der Waals surface area contributed by atoms with Crippen molar-refractivity contribution in [2.75, 3.05) is 51.7 Å². The highest BCUT2D eigenvalue weighted by Gasteiger charge is 2.16. The van der Waals surface area contributed by atoms with Gasteiger partial charge in [-0.05, 0) is 29.8 Å². The van der Waals surface area contributed by atoms with Crippen LogP contribution in [0.25, 0.3) is 0 Å². The highest BCUT2D eigenvalue weighted by atomic mass is 15.3. The van der Waals surface area contributed by atoms with Crippen LogP contribution >= 0.6 is 0 Å². The first-order chi connectivity index (χ1) is 16.2. The number of nitrogens with zero attached hydrogens (tertiary/aromatic N) is 4. The van der Waals surface area contributed by atoms with Crippen molar-refractivity contribution >= 4 is 11.8 Å². The maximum Gasteiger partial charge on any atom is 0.191 e. The van der Waals surface area contributed by atoms with Crippen LogP contribution in [0.5, 0.6) is 0 Å². The number of rotatable bonds is 7. The van der Waals surface area contributed by atoms with Crippen molar-refractivity contribution in [1.82, 2.24) is 20.5 Å². The molecule has 1 saturated heterocycles. The van der Waals surface area contributed by atoms with E-state index >= 15 is 0 Å². The van der Waals surface area contributed by atoms with Crippen molar-refractivity contribution < 1.29 is 0 Å². The van der Waals surface area contributed by atoms with E-state index in [9.17, 15) is 0 Å². The van der Waals surface area contributed by atoms with Crippen molar-refractivity contribution in [3.8, 4) is 0 Å². The summed E-state index contributed by atoms with van der Waals surface area (Å²) in [4.78, 5) is 13.8. The Morgan fingerprint density at radius 3 is 2.06 bits per heavy atom. The Labute approximate surface area is 197 Å². The number of aliphatic imine (C=N–C) groups is 1. The molecule has 0 amide bonds. The van der Waals surface area contributed by atoms with Gasteiger partial charge in [0.05, 0.1) is 0 Å². The Balaban J connectivity index is 1.33. The van der Waals surface area contributed by atoms with E-state index in [1.165, 1.54) is 11.1 Å². The van der Waals surface area contributed by atoms with Crippen molar-refractivity contribution in [3.05, 3.63) is 95.7 Å². The first kappa shape index (κ1) is 22.8. The maximum absolute atomic E-state index is 4.69. The number of hydrogen-bond acceptors (Lipinski definition) is 4. The Morgan fingerprint density at radius 2 is 1.52 bits per heavy atom. The number of anilines is 1. The number of guanidine groups is 1. The lowest BCUT2D eigenvalue weighted by atomic mass is 9.91. The van der Waals surface area contributed by atoms with Gasteiger partial charge >= 0.3 is 0 Å². The van der Waals surface area contributed by atoms with Crippen molar-refractivity contribution in [2.45, 2.75) is 12.5 Å². The van der Waals surface area contributed by atoms with Crippen molar-refractivity contribution in [1.29, 1.82) is 0 Å². The van der Waals surface area contributed by atoms with Gasteiger partial charge < -0.3 is 20.4 Å². The first-order valence-corrected chi connectivity index (χ1v) is 11.7. The third-order valence-electron chi connectivity index (χ3n) is 6.20. The van der Waals surface area contributed by atoms with Crippen molar-refractivity contribution in [3.63, 3.8) is 0 Å². The second-order valence-corrected chi connectivity index (χ2v) is 8.50. The Kier molecular flexibility index (Phi) is 7.93. The van der Waals surface area contributed by atoms with Crippen LogP contribution in [0.15, 0.2) is 84.0 Å². The molecule has 0 unspecified atom stereocenters. The molecule has 0 bridgehead atoms. The average Bonchev–Trinajstić information content (AvgIpc) is 2.88. The minimum Gasteiger partial charge on any atom is -0.355 e. The molecule has 0 spiro atoms. The van der Waals surface area contributed by atoms with E-state index < -0.39 is 0 Å². The zero-order chi connectivity index (χ0) is 22.9. The summed E-state index contributed by atoms with van der Waals surface area (Å²) in [6, 6.07) is 25.5. The van der Waals surface area contributed by atoms with Crippen molar-refractivity contribution in [2.24, 2.45) is 4.99 Å². The quantitative estimate of drug-likeness (QED) is 0.434. The normalized spacial score (nSPS) is 15.0. The molecule has 6 heteroatoms. The maximum atomic E-state index is 4.69. The molecule has 4 rings (SSSR count). The molecule has 33 heavy (non-hydrogen) atoms. The summed E-state index contributed by atoms with van der Waals surface area (Å²) in [6.45, 7) is 5.66. The molecule has 1 aliphatic rings. The van der Waals surface area contributed by atoms with E-state index in [1.807, 2.05) is 13.2 Å². The zero-order valence-electron chi connectivity index (χ0n) is 19.6. The number of pyridine rings is 1. The number of likely N-dealkylation sites (N-methyl/N-ethyl adjacent to an activating group) is 1. The lowest BCUT2D eigenvalue weighted by Crippen LogP contribution is -2.44. The molecule has 2 N–H and O–H groups in total. The van der Waals surface area contributed by atoms with Gasteiger partial charge in [0.2, 0.25) is 0 Å². The minimum absolute atomic E-state index is 0.246. The van der Waals surface area contributed by atoms with Gasteiger partial charge in [0, 0.05) is 58.4 Å². The fraction of sp³-hybridized carbons (Fsp3) is 0.333. The fourth-order valence-corrected chi connectivity index (χ4v) is 4.15. The van der Waals surface area contributed by atoms with Gasteiger partial charge in [-0.15, -0.1) is 0 Å². The lowest BCUT2D eigenvalue weighted by Gasteiger charge is -2.33. The fourth-order valence-electron chi connectivity index (χ4n) is 4.15. The van der Waals surface area contributed by atoms with E-state index in [-0.39, 0.29) is 5.92 Å².